The Labute approximate surface area is 134 Å². The van der Waals surface area contributed by atoms with Crippen LogP contribution in [0.3, 0.4) is 0 Å². The van der Waals surface area contributed by atoms with Crippen molar-refractivity contribution in [1.29, 1.82) is 0 Å². The summed E-state index contributed by atoms with van der Waals surface area (Å²) in [6.45, 7) is 0.306. The Kier molecular flexibility index (Phi) is 3.31. The van der Waals surface area contributed by atoms with Gasteiger partial charge in [0.05, 0.1) is 0 Å². The number of carbonyl (C=O) groups is 1. The fourth-order valence-electron chi connectivity index (χ4n) is 2.90. The number of aromatic nitrogens is 1. The van der Waals surface area contributed by atoms with Gasteiger partial charge in [-0.1, -0.05) is 48.5 Å². The highest BCUT2D eigenvalue weighted by atomic mass is 16.1. The van der Waals surface area contributed by atoms with Crippen molar-refractivity contribution in [2.75, 3.05) is 5.32 Å². The molecule has 4 rings (SSSR count). The maximum atomic E-state index is 12.3. The van der Waals surface area contributed by atoms with Crippen molar-refractivity contribution in [1.82, 2.24) is 4.57 Å². The van der Waals surface area contributed by atoms with E-state index in [1.807, 2.05) is 77.5 Å². The van der Waals surface area contributed by atoms with E-state index in [4.69, 9.17) is 0 Å². The lowest BCUT2D eigenvalue weighted by Gasteiger charge is -2.08. The Bertz CT molecular complexity index is 1000. The summed E-state index contributed by atoms with van der Waals surface area (Å²) in [5.41, 5.74) is 1.89. The highest BCUT2D eigenvalue weighted by Crippen LogP contribution is 2.19. The molecule has 0 unspecified atom stereocenters. The lowest BCUT2D eigenvalue weighted by Crippen LogP contribution is -2.18. The van der Waals surface area contributed by atoms with Crippen LogP contribution in [0.4, 0.5) is 5.69 Å². The van der Waals surface area contributed by atoms with E-state index < -0.39 is 0 Å². The quantitative estimate of drug-likeness (QED) is 0.596. The summed E-state index contributed by atoms with van der Waals surface area (Å²) in [7, 11) is 0. The molecule has 4 aromatic rings. The Hall–Kier alpha value is -3.07. The Morgan fingerprint density at radius 3 is 2.43 bits per heavy atom. The van der Waals surface area contributed by atoms with Gasteiger partial charge in [-0.25, -0.2) is 0 Å². The van der Waals surface area contributed by atoms with Crippen LogP contribution in [0.1, 0.15) is 0 Å². The van der Waals surface area contributed by atoms with Crippen LogP contribution in [0.5, 0.6) is 0 Å². The van der Waals surface area contributed by atoms with Gasteiger partial charge >= 0.3 is 0 Å². The molecule has 0 saturated heterocycles. The number of rotatable bonds is 3. The lowest BCUT2D eigenvalue weighted by molar-refractivity contribution is -0.116. The molecule has 3 nitrogen and oxygen atoms in total. The molecule has 0 saturated carbocycles. The highest BCUT2D eigenvalue weighted by Gasteiger charge is 2.06. The summed E-state index contributed by atoms with van der Waals surface area (Å²) in [6.07, 6.45) is 1.95. The molecule has 0 fully saturated rings. The van der Waals surface area contributed by atoms with Crippen LogP contribution in [0.15, 0.2) is 79.0 Å². The Morgan fingerprint density at radius 1 is 0.826 bits per heavy atom. The third-order valence-electron chi connectivity index (χ3n) is 4.03. The van der Waals surface area contributed by atoms with E-state index in [2.05, 4.69) is 11.4 Å². The van der Waals surface area contributed by atoms with E-state index >= 15 is 0 Å². The van der Waals surface area contributed by atoms with Gasteiger partial charge in [-0.2, -0.15) is 0 Å². The smallest absolute Gasteiger partial charge is 0.244 e. The van der Waals surface area contributed by atoms with E-state index in [-0.39, 0.29) is 5.91 Å². The zero-order chi connectivity index (χ0) is 15.6. The summed E-state index contributed by atoms with van der Waals surface area (Å²) in [6, 6.07) is 24.2. The zero-order valence-corrected chi connectivity index (χ0v) is 12.6. The number of anilines is 1. The Morgan fingerprint density at radius 2 is 1.57 bits per heavy atom. The number of nitrogens with zero attached hydrogens (tertiary/aromatic N) is 1. The van der Waals surface area contributed by atoms with E-state index in [9.17, 15) is 4.79 Å². The maximum Gasteiger partial charge on any atom is 0.244 e. The van der Waals surface area contributed by atoms with Gasteiger partial charge in [-0.3, -0.25) is 4.79 Å². The van der Waals surface area contributed by atoms with E-state index in [0.717, 1.165) is 22.0 Å². The summed E-state index contributed by atoms with van der Waals surface area (Å²) < 4.78 is 1.96. The predicted octanol–water partition coefficient (Wildman–Crippen LogP) is 4.43. The molecule has 1 aromatic heterocycles. The third kappa shape index (κ3) is 2.69. The second-order valence-electron chi connectivity index (χ2n) is 5.61. The van der Waals surface area contributed by atoms with Crippen molar-refractivity contribution < 1.29 is 4.79 Å². The van der Waals surface area contributed by atoms with Crippen molar-refractivity contribution >= 4 is 33.3 Å². The van der Waals surface area contributed by atoms with Gasteiger partial charge in [0.25, 0.3) is 0 Å². The van der Waals surface area contributed by atoms with Gasteiger partial charge in [0.1, 0.15) is 6.54 Å². The average Bonchev–Trinajstić information content (AvgIpc) is 2.98. The molecular formula is C20H16N2O. The molecule has 3 aromatic carbocycles. The van der Waals surface area contributed by atoms with Crippen LogP contribution in [-0.2, 0) is 11.3 Å². The molecule has 0 spiro atoms. The molecule has 1 amide bonds. The van der Waals surface area contributed by atoms with Gasteiger partial charge in [-0.15, -0.1) is 0 Å². The van der Waals surface area contributed by atoms with Gasteiger partial charge in [0.2, 0.25) is 5.91 Å². The minimum Gasteiger partial charge on any atom is -0.338 e. The molecular weight excluding hydrogens is 284 g/mol. The second kappa shape index (κ2) is 5.61. The predicted molar refractivity (Wildman–Crippen MR) is 94.5 cm³/mol. The fourth-order valence-corrected chi connectivity index (χ4v) is 2.90. The van der Waals surface area contributed by atoms with Gasteiger partial charge in [-0.05, 0) is 40.4 Å². The number of fused-ring (bicyclic) bond motifs is 2. The topological polar surface area (TPSA) is 34.0 Å². The van der Waals surface area contributed by atoms with E-state index in [0.29, 0.717) is 6.54 Å². The standard InChI is InChI=1S/C20H16N2O/c23-20(14-22-12-11-16-6-3-4-8-19(16)22)21-18-10-9-15-5-1-2-7-17(15)13-18/h1-13H,14H2,(H,21,23). The van der Waals surface area contributed by atoms with Crippen molar-refractivity contribution in [2.45, 2.75) is 6.54 Å². The average molecular weight is 300 g/mol. The van der Waals surface area contributed by atoms with E-state index in [1.165, 1.54) is 5.39 Å². The minimum absolute atomic E-state index is 0.0263. The summed E-state index contributed by atoms with van der Waals surface area (Å²) in [4.78, 5) is 12.3. The number of benzene rings is 3. The first-order chi connectivity index (χ1) is 11.3. The highest BCUT2D eigenvalue weighted by molar-refractivity contribution is 5.95. The molecule has 0 bridgehead atoms. The van der Waals surface area contributed by atoms with Crippen LogP contribution in [0.2, 0.25) is 0 Å². The number of para-hydroxylation sites is 1. The van der Waals surface area contributed by atoms with E-state index in [1.54, 1.807) is 0 Å². The molecule has 3 heteroatoms. The van der Waals surface area contributed by atoms with Gasteiger partial charge in [0, 0.05) is 17.4 Å². The van der Waals surface area contributed by atoms with Gasteiger partial charge < -0.3 is 9.88 Å². The first-order valence-electron chi connectivity index (χ1n) is 7.62. The molecule has 0 aliphatic heterocycles. The lowest BCUT2D eigenvalue weighted by atomic mass is 10.1. The number of amides is 1. The van der Waals surface area contributed by atoms with Crippen LogP contribution >= 0.6 is 0 Å². The maximum absolute atomic E-state index is 12.3. The minimum atomic E-state index is -0.0263. The molecule has 0 aliphatic rings. The summed E-state index contributed by atoms with van der Waals surface area (Å²) in [5, 5.41) is 6.41. The first-order valence-corrected chi connectivity index (χ1v) is 7.62. The molecule has 1 N–H and O–H groups in total. The van der Waals surface area contributed by atoms with Crippen molar-refractivity contribution in [3.63, 3.8) is 0 Å². The van der Waals surface area contributed by atoms with Crippen LogP contribution in [0.25, 0.3) is 21.7 Å². The van der Waals surface area contributed by atoms with Crippen LogP contribution in [-0.4, -0.2) is 10.5 Å². The first kappa shape index (κ1) is 13.6. The normalized spacial score (nSPS) is 11.0. The molecule has 0 aliphatic carbocycles. The molecule has 23 heavy (non-hydrogen) atoms. The SMILES string of the molecule is O=C(Cn1ccc2ccccc21)Nc1ccc2ccccc2c1. The molecule has 0 atom stereocenters. The van der Waals surface area contributed by atoms with Gasteiger partial charge in [0.15, 0.2) is 0 Å². The largest absolute Gasteiger partial charge is 0.338 e. The summed E-state index contributed by atoms with van der Waals surface area (Å²) in [5.74, 6) is -0.0263. The van der Waals surface area contributed by atoms with Crippen LogP contribution < -0.4 is 5.32 Å². The molecule has 112 valence electrons. The monoisotopic (exact) mass is 300 g/mol. The number of hydrogen-bond donors (Lipinski definition) is 1. The third-order valence-corrected chi connectivity index (χ3v) is 4.03. The number of carbonyl (C=O) groups excluding carboxylic acids is 1. The van der Waals surface area contributed by atoms with Crippen molar-refractivity contribution in [2.24, 2.45) is 0 Å². The fraction of sp³-hybridized carbons (Fsp3) is 0.0500. The Balaban J connectivity index is 1.55. The number of hydrogen-bond acceptors (Lipinski definition) is 1. The zero-order valence-electron chi connectivity index (χ0n) is 12.6. The van der Waals surface area contributed by atoms with Crippen molar-refractivity contribution in [3.8, 4) is 0 Å². The number of nitrogens with one attached hydrogen (secondary N) is 1. The molecule has 1 heterocycles. The molecule has 0 radical (unpaired) electrons. The summed E-state index contributed by atoms with van der Waals surface area (Å²) >= 11 is 0. The van der Waals surface area contributed by atoms with Crippen molar-refractivity contribution in [3.05, 3.63) is 79.0 Å². The second-order valence-corrected chi connectivity index (χ2v) is 5.61. The van der Waals surface area contributed by atoms with Crippen LogP contribution in [0, 0.1) is 0 Å².